The molecule has 1 rings (SSSR count). The van der Waals surface area contributed by atoms with E-state index in [1.165, 1.54) is 6.08 Å². The molecule has 0 saturated carbocycles. The van der Waals surface area contributed by atoms with Crippen LogP contribution in [0, 0.1) is 16.7 Å². The van der Waals surface area contributed by atoms with E-state index in [9.17, 15) is 5.11 Å². The van der Waals surface area contributed by atoms with E-state index >= 15 is 0 Å². The molecule has 0 aliphatic carbocycles. The second-order valence-corrected chi connectivity index (χ2v) is 9.30. The van der Waals surface area contributed by atoms with Crippen LogP contribution in [0.15, 0.2) is 18.2 Å². The summed E-state index contributed by atoms with van der Waals surface area (Å²) in [7, 11) is 0. The molecule has 23 heavy (non-hydrogen) atoms. The number of hydrogen-bond donors (Lipinski definition) is 1. The molecule has 0 atom stereocenters. The summed E-state index contributed by atoms with van der Waals surface area (Å²) in [6.07, 6.45) is 4.26. The first-order valence-corrected chi connectivity index (χ1v) is 8.22. The van der Waals surface area contributed by atoms with Gasteiger partial charge in [0, 0.05) is 17.2 Å². The first-order valence-electron chi connectivity index (χ1n) is 8.22. The van der Waals surface area contributed by atoms with Crippen molar-refractivity contribution in [3.63, 3.8) is 0 Å². The zero-order valence-electron chi connectivity index (χ0n) is 15.9. The lowest BCUT2D eigenvalue weighted by Crippen LogP contribution is -2.26. The van der Waals surface area contributed by atoms with E-state index in [1.54, 1.807) is 0 Å². The maximum atomic E-state index is 10.9. The fourth-order valence-electron chi connectivity index (χ4n) is 3.40. The summed E-state index contributed by atoms with van der Waals surface area (Å²) in [4.78, 5) is 0. The van der Waals surface area contributed by atoms with Gasteiger partial charge in [0.1, 0.15) is 5.75 Å². The quantitative estimate of drug-likeness (QED) is 0.702. The SMILES string of the molecule is CC(C)(C)CC(C)(C)c1cc(C=CC#N)cc(C(C)(C)C)c1O. The van der Waals surface area contributed by atoms with Gasteiger partial charge in [-0.15, -0.1) is 0 Å². The summed E-state index contributed by atoms with van der Waals surface area (Å²) in [6, 6.07) is 6.05. The summed E-state index contributed by atoms with van der Waals surface area (Å²) >= 11 is 0. The lowest BCUT2D eigenvalue weighted by molar-refractivity contribution is 0.277. The number of nitrogens with zero attached hydrogens (tertiary/aromatic N) is 1. The van der Waals surface area contributed by atoms with Gasteiger partial charge in [-0.2, -0.15) is 5.26 Å². The maximum absolute atomic E-state index is 10.9. The minimum atomic E-state index is -0.160. The first-order chi connectivity index (χ1) is 10.3. The molecule has 0 heterocycles. The van der Waals surface area contributed by atoms with Gasteiger partial charge in [-0.05, 0) is 46.4 Å². The molecular formula is C21H31NO. The molecule has 0 saturated heterocycles. The molecule has 0 fully saturated rings. The average molecular weight is 313 g/mol. The van der Waals surface area contributed by atoms with Gasteiger partial charge >= 0.3 is 0 Å². The van der Waals surface area contributed by atoms with Crippen molar-refractivity contribution in [3.05, 3.63) is 34.9 Å². The van der Waals surface area contributed by atoms with Crippen LogP contribution in [0.1, 0.15) is 78.5 Å². The van der Waals surface area contributed by atoms with Crippen LogP contribution in [-0.2, 0) is 10.8 Å². The Morgan fingerprint density at radius 2 is 1.52 bits per heavy atom. The molecule has 126 valence electrons. The predicted molar refractivity (Wildman–Crippen MR) is 98.6 cm³/mol. The molecule has 0 aliphatic heterocycles. The molecule has 0 amide bonds. The Hall–Kier alpha value is -1.75. The number of aromatic hydroxyl groups is 1. The third-order valence-corrected chi connectivity index (χ3v) is 3.99. The van der Waals surface area contributed by atoms with Gasteiger partial charge in [-0.3, -0.25) is 0 Å². The Balaban J connectivity index is 3.58. The number of hydrogen-bond acceptors (Lipinski definition) is 2. The lowest BCUT2D eigenvalue weighted by Gasteiger charge is -2.35. The summed E-state index contributed by atoms with van der Waals surface area (Å²) < 4.78 is 0. The molecule has 2 heteroatoms. The molecule has 2 nitrogen and oxygen atoms in total. The fourth-order valence-corrected chi connectivity index (χ4v) is 3.40. The largest absolute Gasteiger partial charge is 0.507 e. The average Bonchev–Trinajstić information content (AvgIpc) is 2.32. The minimum absolute atomic E-state index is 0.154. The zero-order valence-corrected chi connectivity index (χ0v) is 15.9. The van der Waals surface area contributed by atoms with Crippen molar-refractivity contribution >= 4 is 6.08 Å². The fraction of sp³-hybridized carbons (Fsp3) is 0.571. The third-order valence-electron chi connectivity index (χ3n) is 3.99. The van der Waals surface area contributed by atoms with Gasteiger partial charge in [0.05, 0.1) is 6.07 Å². The topological polar surface area (TPSA) is 44.0 Å². The van der Waals surface area contributed by atoms with E-state index < -0.39 is 0 Å². The molecule has 0 spiro atoms. The number of benzene rings is 1. The number of rotatable bonds is 3. The minimum Gasteiger partial charge on any atom is -0.507 e. The lowest BCUT2D eigenvalue weighted by atomic mass is 9.70. The Labute approximate surface area is 141 Å². The molecule has 1 aromatic carbocycles. The Bertz CT molecular complexity index is 632. The van der Waals surface area contributed by atoms with E-state index in [-0.39, 0.29) is 16.2 Å². The van der Waals surface area contributed by atoms with E-state index in [0.717, 1.165) is 23.1 Å². The monoisotopic (exact) mass is 313 g/mol. The summed E-state index contributed by atoms with van der Waals surface area (Å²) in [5.41, 5.74) is 2.70. The van der Waals surface area contributed by atoms with Crippen molar-refractivity contribution in [3.8, 4) is 11.8 Å². The Morgan fingerprint density at radius 1 is 1.00 bits per heavy atom. The molecule has 0 aliphatic rings. The van der Waals surface area contributed by atoms with Crippen LogP contribution in [0.4, 0.5) is 0 Å². The van der Waals surface area contributed by atoms with Crippen LogP contribution in [-0.4, -0.2) is 5.11 Å². The van der Waals surface area contributed by atoms with Crippen LogP contribution in [0.25, 0.3) is 6.08 Å². The van der Waals surface area contributed by atoms with Crippen LogP contribution in [0.3, 0.4) is 0 Å². The molecule has 0 bridgehead atoms. The van der Waals surface area contributed by atoms with Crippen molar-refractivity contribution < 1.29 is 5.11 Å². The van der Waals surface area contributed by atoms with Crippen LogP contribution < -0.4 is 0 Å². The summed E-state index contributed by atoms with van der Waals surface area (Å²) in [6.45, 7) is 17.3. The first kappa shape index (κ1) is 19.3. The van der Waals surface area contributed by atoms with Crippen molar-refractivity contribution in [1.29, 1.82) is 5.26 Å². The molecule has 1 N–H and O–H groups in total. The van der Waals surface area contributed by atoms with Gasteiger partial charge in [-0.25, -0.2) is 0 Å². The van der Waals surface area contributed by atoms with Crippen molar-refractivity contribution in [1.82, 2.24) is 0 Å². The van der Waals surface area contributed by atoms with Crippen molar-refractivity contribution in [2.75, 3.05) is 0 Å². The van der Waals surface area contributed by atoms with Crippen LogP contribution in [0.5, 0.6) is 5.75 Å². The summed E-state index contributed by atoms with van der Waals surface area (Å²) in [5, 5.41) is 19.7. The van der Waals surface area contributed by atoms with Crippen molar-refractivity contribution in [2.24, 2.45) is 5.41 Å². The maximum Gasteiger partial charge on any atom is 0.123 e. The highest BCUT2D eigenvalue weighted by molar-refractivity contribution is 5.60. The Kier molecular flexibility index (Phi) is 5.37. The van der Waals surface area contributed by atoms with Crippen molar-refractivity contribution in [2.45, 2.75) is 72.6 Å². The second kappa shape index (κ2) is 6.40. The molecule has 0 radical (unpaired) electrons. The number of phenols is 1. The highest BCUT2D eigenvalue weighted by Crippen LogP contribution is 2.44. The van der Waals surface area contributed by atoms with Gasteiger partial charge in [-0.1, -0.05) is 55.4 Å². The Morgan fingerprint density at radius 3 is 1.96 bits per heavy atom. The second-order valence-electron chi connectivity index (χ2n) is 9.30. The molecule has 0 aromatic heterocycles. The molecular weight excluding hydrogens is 282 g/mol. The third kappa shape index (κ3) is 5.13. The van der Waals surface area contributed by atoms with E-state index in [0.29, 0.717) is 5.75 Å². The van der Waals surface area contributed by atoms with E-state index in [4.69, 9.17) is 5.26 Å². The number of phenolic OH excluding ortho intramolecular Hbond substituents is 1. The van der Waals surface area contributed by atoms with Gasteiger partial charge in [0.25, 0.3) is 0 Å². The van der Waals surface area contributed by atoms with Gasteiger partial charge in [0.15, 0.2) is 0 Å². The number of nitriles is 1. The van der Waals surface area contributed by atoms with Crippen LogP contribution in [0.2, 0.25) is 0 Å². The summed E-state index contributed by atoms with van der Waals surface area (Å²) in [5.74, 6) is 0.390. The highest BCUT2D eigenvalue weighted by Gasteiger charge is 2.32. The smallest absolute Gasteiger partial charge is 0.123 e. The number of allylic oxidation sites excluding steroid dienone is 1. The highest BCUT2D eigenvalue weighted by atomic mass is 16.3. The van der Waals surface area contributed by atoms with Gasteiger partial charge in [0.2, 0.25) is 0 Å². The predicted octanol–water partition coefficient (Wildman–Crippen LogP) is 5.94. The standard InChI is InChI=1S/C21H31NO/c1-19(2,3)14-21(7,8)17-13-15(10-9-11-22)12-16(18(17)23)20(4,5)6/h9-10,12-13,23H,14H2,1-8H3. The van der Waals surface area contributed by atoms with Crippen LogP contribution >= 0.6 is 0 Å². The molecule has 1 aromatic rings. The molecule has 0 unspecified atom stereocenters. The van der Waals surface area contributed by atoms with Gasteiger partial charge < -0.3 is 5.11 Å². The van der Waals surface area contributed by atoms with E-state index in [1.807, 2.05) is 24.3 Å². The van der Waals surface area contributed by atoms with E-state index in [2.05, 4.69) is 55.4 Å². The zero-order chi connectivity index (χ0) is 18.1. The normalized spacial score (nSPS) is 13.3.